The molecule has 226 valence electrons. The number of carbonyl (C=O) groups is 1. The van der Waals surface area contributed by atoms with E-state index in [1.54, 1.807) is 51.9 Å². The number of piperazine rings is 1. The molecule has 0 radical (unpaired) electrons. The lowest BCUT2D eigenvalue weighted by Crippen LogP contribution is -2.50. The van der Waals surface area contributed by atoms with E-state index >= 15 is 0 Å². The summed E-state index contributed by atoms with van der Waals surface area (Å²) < 4.78 is 13.3. The van der Waals surface area contributed by atoms with Crippen molar-refractivity contribution in [3.05, 3.63) is 93.5 Å². The molecule has 1 amide bonds. The number of ether oxygens (including phenoxy) is 2. The Hall–Kier alpha value is -3.96. The van der Waals surface area contributed by atoms with E-state index in [1.165, 1.54) is 0 Å². The number of amides is 1. The molecule has 5 rings (SSSR count). The Morgan fingerprint density at radius 3 is 2.44 bits per heavy atom. The van der Waals surface area contributed by atoms with E-state index in [-0.39, 0.29) is 24.2 Å². The van der Waals surface area contributed by atoms with Gasteiger partial charge in [-0.05, 0) is 67.9 Å². The molecule has 1 aliphatic heterocycles. The monoisotopic (exact) mass is 606 g/mol. The number of rotatable bonds is 10. The number of aliphatic hydroxyl groups excluding tert-OH is 2. The Morgan fingerprint density at radius 1 is 1.02 bits per heavy atom. The molecule has 0 spiro atoms. The molecule has 11 heteroatoms. The number of para-hydroxylation sites is 2. The molecule has 2 heterocycles. The van der Waals surface area contributed by atoms with Crippen molar-refractivity contribution in [1.29, 1.82) is 0 Å². The van der Waals surface area contributed by atoms with Crippen LogP contribution in [0.3, 0.4) is 0 Å². The number of carbonyl (C=O) groups excluding carboxylic acids is 1. The third-order valence-corrected chi connectivity index (χ3v) is 7.51. The topological polar surface area (TPSA) is 117 Å². The van der Waals surface area contributed by atoms with Crippen molar-refractivity contribution in [2.75, 3.05) is 39.4 Å². The van der Waals surface area contributed by atoms with Crippen LogP contribution in [0.5, 0.6) is 11.5 Å². The van der Waals surface area contributed by atoms with Crippen molar-refractivity contribution in [3.8, 4) is 17.2 Å². The van der Waals surface area contributed by atoms with Gasteiger partial charge in [0.1, 0.15) is 23.4 Å². The fourth-order valence-corrected chi connectivity index (χ4v) is 5.16. The van der Waals surface area contributed by atoms with Crippen molar-refractivity contribution in [2.45, 2.75) is 32.6 Å². The molecule has 1 unspecified atom stereocenters. The van der Waals surface area contributed by atoms with Crippen LogP contribution in [0.25, 0.3) is 16.6 Å². The Balaban J connectivity index is 1.39. The Kier molecular flexibility index (Phi) is 9.62. The average molecular weight is 607 g/mol. The summed E-state index contributed by atoms with van der Waals surface area (Å²) in [6, 6.07) is 19.1. The minimum absolute atomic E-state index is 0.0625. The molecule has 1 atom stereocenters. The molecule has 1 saturated heterocycles. The maximum Gasteiger partial charge on any atom is 0.266 e. The zero-order valence-electron chi connectivity index (χ0n) is 24.1. The third kappa shape index (κ3) is 7.17. The summed E-state index contributed by atoms with van der Waals surface area (Å²) in [6.45, 7) is 5.88. The summed E-state index contributed by atoms with van der Waals surface area (Å²) in [4.78, 5) is 35.7. The Bertz CT molecular complexity index is 1630. The van der Waals surface area contributed by atoms with Gasteiger partial charge in [0.15, 0.2) is 6.61 Å². The fourth-order valence-electron chi connectivity index (χ4n) is 5.03. The van der Waals surface area contributed by atoms with Crippen LogP contribution < -0.4 is 15.0 Å². The van der Waals surface area contributed by atoms with E-state index in [0.29, 0.717) is 77.2 Å². The molecule has 1 aromatic heterocycles. The number of benzene rings is 3. The van der Waals surface area contributed by atoms with Gasteiger partial charge in [0, 0.05) is 31.2 Å². The molecule has 43 heavy (non-hydrogen) atoms. The minimum atomic E-state index is -1.11. The zero-order valence-corrected chi connectivity index (χ0v) is 24.9. The van der Waals surface area contributed by atoms with Crippen LogP contribution >= 0.6 is 11.6 Å². The van der Waals surface area contributed by atoms with Gasteiger partial charge in [0.25, 0.3) is 11.5 Å². The van der Waals surface area contributed by atoms with Gasteiger partial charge < -0.3 is 24.6 Å². The molecule has 2 N–H and O–H groups in total. The van der Waals surface area contributed by atoms with Gasteiger partial charge >= 0.3 is 0 Å². The van der Waals surface area contributed by atoms with E-state index in [0.717, 1.165) is 0 Å². The van der Waals surface area contributed by atoms with Crippen molar-refractivity contribution in [1.82, 2.24) is 19.4 Å². The minimum Gasteiger partial charge on any atom is -0.489 e. The van der Waals surface area contributed by atoms with Crippen LogP contribution in [-0.4, -0.2) is 81.0 Å². The van der Waals surface area contributed by atoms with Crippen molar-refractivity contribution in [2.24, 2.45) is 0 Å². The summed E-state index contributed by atoms with van der Waals surface area (Å²) >= 11 is 5.92. The van der Waals surface area contributed by atoms with Gasteiger partial charge in [0.05, 0.1) is 35.8 Å². The number of aliphatic hydroxyl groups is 2. The number of hydrogen-bond acceptors (Lipinski definition) is 8. The predicted octanol–water partition coefficient (Wildman–Crippen LogP) is 3.58. The first-order valence-electron chi connectivity index (χ1n) is 14.2. The van der Waals surface area contributed by atoms with E-state index < -0.39 is 12.7 Å². The van der Waals surface area contributed by atoms with Crippen LogP contribution in [-0.2, 0) is 11.3 Å². The molecule has 0 aliphatic carbocycles. The van der Waals surface area contributed by atoms with Crippen LogP contribution in [0.2, 0.25) is 5.02 Å². The van der Waals surface area contributed by atoms with E-state index in [1.807, 2.05) is 38.1 Å². The van der Waals surface area contributed by atoms with E-state index in [2.05, 4.69) is 4.90 Å². The van der Waals surface area contributed by atoms with Crippen molar-refractivity contribution >= 4 is 28.4 Å². The molecule has 0 bridgehead atoms. The highest BCUT2D eigenvalue weighted by Crippen LogP contribution is 2.26. The largest absolute Gasteiger partial charge is 0.489 e. The van der Waals surface area contributed by atoms with Gasteiger partial charge in [0.2, 0.25) is 0 Å². The first kappa shape index (κ1) is 30.5. The maximum atomic E-state index is 14.1. The highest BCUT2D eigenvalue weighted by Gasteiger charge is 2.25. The van der Waals surface area contributed by atoms with Crippen molar-refractivity contribution in [3.63, 3.8) is 0 Å². The van der Waals surface area contributed by atoms with Crippen LogP contribution in [0.1, 0.15) is 31.3 Å². The Labute approximate surface area is 254 Å². The molecule has 10 nitrogen and oxygen atoms in total. The quantitative estimate of drug-likeness (QED) is 0.281. The first-order valence-corrected chi connectivity index (χ1v) is 14.6. The van der Waals surface area contributed by atoms with Gasteiger partial charge in [-0.2, -0.15) is 0 Å². The number of fused-ring (bicyclic) bond motifs is 1. The van der Waals surface area contributed by atoms with E-state index in [4.69, 9.17) is 26.1 Å². The highest BCUT2D eigenvalue weighted by atomic mass is 35.5. The normalized spacial score (nSPS) is 14.7. The number of halogens is 1. The van der Waals surface area contributed by atoms with Gasteiger partial charge in [-0.3, -0.25) is 19.1 Å². The smallest absolute Gasteiger partial charge is 0.266 e. The highest BCUT2D eigenvalue weighted by molar-refractivity contribution is 6.30. The van der Waals surface area contributed by atoms with Crippen LogP contribution in [0, 0.1) is 0 Å². The molecule has 4 aromatic rings. The summed E-state index contributed by atoms with van der Waals surface area (Å²) in [5, 5.41) is 20.6. The molecule has 1 fully saturated rings. The van der Waals surface area contributed by atoms with E-state index in [9.17, 15) is 19.8 Å². The molecule has 0 saturated carbocycles. The summed E-state index contributed by atoms with van der Waals surface area (Å²) in [6.07, 6.45) is -1.22. The lowest BCUT2D eigenvalue weighted by atomic mass is 10.1. The molecular weight excluding hydrogens is 572 g/mol. The summed E-state index contributed by atoms with van der Waals surface area (Å²) in [5.41, 5.74) is 1.17. The molecule has 1 aliphatic rings. The second-order valence-corrected chi connectivity index (χ2v) is 11.1. The summed E-state index contributed by atoms with van der Waals surface area (Å²) in [7, 11) is 0. The predicted molar refractivity (Wildman–Crippen MR) is 164 cm³/mol. The lowest BCUT2D eigenvalue weighted by Gasteiger charge is -2.34. The number of aromatic nitrogens is 2. The Morgan fingerprint density at radius 2 is 1.74 bits per heavy atom. The molecular formula is C32H35ClN4O6. The summed E-state index contributed by atoms with van der Waals surface area (Å²) in [5.74, 6) is 1.55. The lowest BCUT2D eigenvalue weighted by molar-refractivity contribution is -0.135. The first-order chi connectivity index (χ1) is 20.7. The second kappa shape index (κ2) is 13.6. The SMILES string of the molecule is CC(C)Oc1ccccc1-n1c(CN2CCN(C(=O)COc3ccc(Cl)cc3)CC2)nc2ccc(C(O)CO)cc2c1=O. The fraction of sp³-hybridized carbons (Fsp3) is 0.344. The number of nitrogens with zero attached hydrogens (tertiary/aromatic N) is 4. The van der Waals surface area contributed by atoms with Crippen LogP contribution in [0.4, 0.5) is 0 Å². The van der Waals surface area contributed by atoms with Crippen molar-refractivity contribution < 1.29 is 24.5 Å². The third-order valence-electron chi connectivity index (χ3n) is 7.25. The van der Waals surface area contributed by atoms with Gasteiger partial charge in [-0.15, -0.1) is 0 Å². The van der Waals surface area contributed by atoms with Gasteiger partial charge in [-0.1, -0.05) is 29.8 Å². The number of hydrogen-bond donors (Lipinski definition) is 2. The van der Waals surface area contributed by atoms with Crippen LogP contribution in [0.15, 0.2) is 71.5 Å². The average Bonchev–Trinajstić information content (AvgIpc) is 3.01. The second-order valence-electron chi connectivity index (χ2n) is 10.7. The van der Waals surface area contributed by atoms with Gasteiger partial charge in [-0.25, -0.2) is 4.98 Å². The standard InChI is InChI=1S/C32H35ClN4O6/c1-21(2)43-29-6-4-3-5-27(29)37-30(34-26-12-7-22(28(39)19-38)17-25(26)32(37)41)18-35-13-15-36(16-14-35)31(40)20-42-24-10-8-23(33)9-11-24/h3-12,17,21,28,38-39H,13-16,18-20H2,1-2H3. The maximum absolute atomic E-state index is 14.1. The zero-order chi connectivity index (χ0) is 30.5. The molecule has 3 aromatic carbocycles.